The summed E-state index contributed by atoms with van der Waals surface area (Å²) in [6.45, 7) is 7.25. The van der Waals surface area contributed by atoms with Crippen LogP contribution in [0.2, 0.25) is 0 Å². The van der Waals surface area contributed by atoms with Gasteiger partial charge in [0.25, 0.3) is 5.91 Å². The first-order valence-electron chi connectivity index (χ1n) is 12.8. The van der Waals surface area contributed by atoms with Gasteiger partial charge >= 0.3 is 0 Å². The van der Waals surface area contributed by atoms with Crippen LogP contribution in [0.3, 0.4) is 0 Å². The number of nitrogens with zero attached hydrogens (tertiary/aromatic N) is 3. The fourth-order valence-electron chi connectivity index (χ4n) is 4.91. The topological polar surface area (TPSA) is 35.9 Å². The van der Waals surface area contributed by atoms with Crippen molar-refractivity contribution in [3.8, 4) is 0 Å². The number of aliphatic imine (C=N–C) groups is 1. The van der Waals surface area contributed by atoms with Crippen LogP contribution in [0.4, 0.5) is 11.4 Å². The highest BCUT2D eigenvalue weighted by molar-refractivity contribution is 8.18. The number of likely N-dealkylation sites (N-methyl/N-ethyl adjacent to an activating group) is 1. The van der Waals surface area contributed by atoms with Gasteiger partial charge in [-0.2, -0.15) is 0 Å². The maximum absolute atomic E-state index is 13.6. The number of para-hydroxylation sites is 1. The number of amidine groups is 1. The lowest BCUT2D eigenvalue weighted by molar-refractivity contribution is -0.122. The number of hydrogen-bond donors (Lipinski definition) is 0. The lowest BCUT2D eigenvalue weighted by Crippen LogP contribution is -2.42. The van der Waals surface area contributed by atoms with Gasteiger partial charge in [-0.05, 0) is 92.4 Å². The summed E-state index contributed by atoms with van der Waals surface area (Å²) in [4.78, 5) is 23.3. The summed E-state index contributed by atoms with van der Waals surface area (Å²) < 4.78 is 0. The molecule has 188 valence electrons. The Morgan fingerprint density at radius 3 is 2.41 bits per heavy atom. The minimum absolute atomic E-state index is 0.0241. The van der Waals surface area contributed by atoms with E-state index in [4.69, 9.17) is 4.99 Å². The number of carbonyl (C=O) groups is 1. The number of amides is 1. The van der Waals surface area contributed by atoms with E-state index in [-0.39, 0.29) is 11.4 Å². The summed E-state index contributed by atoms with van der Waals surface area (Å²) in [6.07, 6.45) is 6.12. The number of rotatable bonds is 6. The minimum Gasteiger partial charge on any atom is -0.366 e. The molecule has 1 saturated heterocycles. The van der Waals surface area contributed by atoms with Crippen LogP contribution in [-0.4, -0.2) is 35.1 Å². The zero-order valence-electron chi connectivity index (χ0n) is 21.9. The van der Waals surface area contributed by atoms with Gasteiger partial charge in [-0.15, -0.1) is 0 Å². The molecule has 0 atom stereocenters. The molecule has 0 radical (unpaired) electrons. The third-order valence-corrected chi connectivity index (χ3v) is 8.10. The molecule has 0 aliphatic carbocycles. The molecule has 2 aliphatic heterocycles. The average Bonchev–Trinajstić information content (AvgIpc) is 3.17. The molecule has 0 aromatic heterocycles. The zero-order valence-corrected chi connectivity index (χ0v) is 22.8. The Kier molecular flexibility index (Phi) is 7.07. The van der Waals surface area contributed by atoms with Gasteiger partial charge in [0.1, 0.15) is 0 Å². The van der Waals surface area contributed by atoms with Crippen molar-refractivity contribution in [1.29, 1.82) is 0 Å². The first kappa shape index (κ1) is 25.1. The first-order valence-corrected chi connectivity index (χ1v) is 13.6. The van der Waals surface area contributed by atoms with E-state index in [0.29, 0.717) is 11.4 Å². The van der Waals surface area contributed by atoms with Crippen molar-refractivity contribution in [1.82, 2.24) is 4.90 Å². The Labute approximate surface area is 224 Å². The molecular formula is C32H33N3OS. The summed E-state index contributed by atoms with van der Waals surface area (Å²) in [5, 5.41) is 0.742. The van der Waals surface area contributed by atoms with E-state index < -0.39 is 0 Å². The van der Waals surface area contributed by atoms with Gasteiger partial charge in [0, 0.05) is 24.8 Å². The molecule has 0 saturated carbocycles. The number of benzene rings is 3. The highest BCUT2D eigenvalue weighted by atomic mass is 32.2. The molecule has 0 unspecified atom stereocenters. The Morgan fingerprint density at radius 1 is 0.973 bits per heavy atom. The smallest absolute Gasteiger partial charge is 0.266 e. The van der Waals surface area contributed by atoms with Crippen LogP contribution in [-0.2, 0) is 11.2 Å². The second-order valence-electron chi connectivity index (χ2n) is 10.2. The van der Waals surface area contributed by atoms with Crippen molar-refractivity contribution in [2.75, 3.05) is 18.5 Å². The predicted molar refractivity (Wildman–Crippen MR) is 158 cm³/mol. The van der Waals surface area contributed by atoms with Crippen LogP contribution < -0.4 is 4.90 Å². The second-order valence-corrected chi connectivity index (χ2v) is 11.2. The van der Waals surface area contributed by atoms with Crippen LogP contribution in [0, 0.1) is 0 Å². The van der Waals surface area contributed by atoms with E-state index >= 15 is 0 Å². The summed E-state index contributed by atoms with van der Waals surface area (Å²) >= 11 is 1.46. The molecule has 5 rings (SSSR count). The number of aryl methyl sites for hydroxylation is 1. The maximum atomic E-state index is 13.6. The normalized spacial score (nSPS) is 18.9. The molecule has 0 spiro atoms. The molecule has 1 fully saturated rings. The van der Waals surface area contributed by atoms with Crippen LogP contribution in [0.15, 0.2) is 94.8 Å². The molecule has 0 bridgehead atoms. The van der Waals surface area contributed by atoms with Crippen molar-refractivity contribution in [2.45, 2.75) is 39.2 Å². The van der Waals surface area contributed by atoms with Crippen molar-refractivity contribution >= 4 is 45.9 Å². The Morgan fingerprint density at radius 2 is 1.68 bits per heavy atom. The number of anilines is 1. The van der Waals surface area contributed by atoms with E-state index in [1.54, 1.807) is 0 Å². The quantitative estimate of drug-likeness (QED) is 0.323. The highest BCUT2D eigenvalue weighted by Gasteiger charge is 2.33. The molecule has 37 heavy (non-hydrogen) atoms. The van der Waals surface area contributed by atoms with Gasteiger partial charge in [0.15, 0.2) is 5.17 Å². The standard InChI is InChI=1S/C32H33N3OS/c1-23-22-32(2,3)34(4)28-18-17-25(20-27(23)28)21-29-30(36)35(19-11-14-24-12-7-5-8-13-24)31(37-29)33-26-15-9-6-10-16-26/h5-10,12-13,15-18,20-22H,11,14,19H2,1-4H3/b29-21+,33-31?. The van der Waals surface area contributed by atoms with Crippen molar-refractivity contribution < 1.29 is 4.79 Å². The Balaban J connectivity index is 1.42. The van der Waals surface area contributed by atoms with E-state index in [2.05, 4.69) is 81.3 Å². The molecule has 0 N–H and O–H groups in total. The summed E-state index contributed by atoms with van der Waals surface area (Å²) in [6, 6.07) is 26.7. The largest absolute Gasteiger partial charge is 0.366 e. The fourth-order valence-corrected chi connectivity index (χ4v) is 5.93. The van der Waals surface area contributed by atoms with Gasteiger partial charge in [0.2, 0.25) is 0 Å². The SMILES string of the molecule is CC1=CC(C)(C)N(C)c2ccc(/C=C3/SC(=Nc4ccccc4)N(CCCc4ccccc4)C3=O)cc21. The summed E-state index contributed by atoms with van der Waals surface area (Å²) in [5.41, 5.74) is 6.82. The third-order valence-electron chi connectivity index (χ3n) is 7.10. The van der Waals surface area contributed by atoms with E-state index in [9.17, 15) is 4.79 Å². The molecular weight excluding hydrogens is 474 g/mol. The monoisotopic (exact) mass is 507 g/mol. The molecule has 1 amide bonds. The minimum atomic E-state index is -0.0304. The average molecular weight is 508 g/mol. The van der Waals surface area contributed by atoms with Crippen molar-refractivity contribution in [2.24, 2.45) is 4.99 Å². The van der Waals surface area contributed by atoms with E-state index in [0.717, 1.165) is 29.3 Å². The molecule has 2 heterocycles. The molecule has 3 aromatic rings. The number of hydrogen-bond acceptors (Lipinski definition) is 4. The van der Waals surface area contributed by atoms with Crippen molar-refractivity contribution in [3.63, 3.8) is 0 Å². The van der Waals surface area contributed by atoms with Crippen LogP contribution in [0.25, 0.3) is 11.6 Å². The number of fused-ring (bicyclic) bond motifs is 1. The first-order chi connectivity index (χ1) is 17.8. The van der Waals surface area contributed by atoms with Crippen molar-refractivity contribution in [3.05, 3.63) is 107 Å². The van der Waals surface area contributed by atoms with Crippen LogP contribution in [0.1, 0.15) is 43.9 Å². The lowest BCUT2D eigenvalue weighted by Gasteiger charge is -2.40. The fraction of sp³-hybridized carbons (Fsp3) is 0.250. The molecule has 3 aromatic carbocycles. The predicted octanol–water partition coefficient (Wildman–Crippen LogP) is 7.56. The number of thioether (sulfide) groups is 1. The molecule has 2 aliphatic rings. The van der Waals surface area contributed by atoms with Gasteiger partial charge in [-0.25, -0.2) is 4.99 Å². The van der Waals surface area contributed by atoms with Gasteiger partial charge in [0.05, 0.1) is 16.1 Å². The Bertz CT molecular complexity index is 1390. The molecule has 5 heteroatoms. The lowest BCUT2D eigenvalue weighted by atomic mass is 9.88. The van der Waals surface area contributed by atoms with Crippen LogP contribution >= 0.6 is 11.8 Å². The van der Waals surface area contributed by atoms with Gasteiger partial charge in [-0.3, -0.25) is 9.69 Å². The number of carbonyl (C=O) groups excluding carboxylic acids is 1. The summed E-state index contributed by atoms with van der Waals surface area (Å²) in [7, 11) is 2.13. The maximum Gasteiger partial charge on any atom is 0.266 e. The van der Waals surface area contributed by atoms with Gasteiger partial charge < -0.3 is 4.90 Å². The third kappa shape index (κ3) is 5.42. The Hall–Kier alpha value is -3.57. The second kappa shape index (κ2) is 10.4. The highest BCUT2D eigenvalue weighted by Crippen LogP contribution is 2.40. The van der Waals surface area contributed by atoms with E-state index in [1.165, 1.54) is 34.1 Å². The van der Waals surface area contributed by atoms with Gasteiger partial charge in [-0.1, -0.05) is 60.7 Å². The van der Waals surface area contributed by atoms with Crippen LogP contribution in [0.5, 0.6) is 0 Å². The summed E-state index contributed by atoms with van der Waals surface area (Å²) in [5.74, 6) is 0.0241. The zero-order chi connectivity index (χ0) is 26.0. The van der Waals surface area contributed by atoms with E-state index in [1.807, 2.05) is 47.4 Å². The molecule has 4 nitrogen and oxygen atoms in total. The number of allylic oxidation sites excluding steroid dienone is 1.